The van der Waals surface area contributed by atoms with E-state index < -0.39 is 14.8 Å². The normalized spacial score (nSPS) is 9.00. The fraction of sp³-hybridized carbons (Fsp3) is 1.00. The molecule has 0 unspecified atom stereocenters. The standard InChI is InChI=1S/C3H8O3.HO2P/c4-1-3(6)2-5;1-3-2/h3-6H,1-2H2;(H,1,2). The van der Waals surface area contributed by atoms with Gasteiger partial charge < -0.3 is 20.2 Å². The molecule has 0 aromatic carbocycles. The van der Waals surface area contributed by atoms with Crippen LogP contribution in [-0.2, 0) is 4.57 Å². The fourth-order valence-electron chi connectivity index (χ4n) is 0.0577. The topological polar surface area (TPSA) is 98.0 Å². The SMILES string of the molecule is O=PO.OCC(O)CO. The summed E-state index contributed by atoms with van der Waals surface area (Å²) in [6, 6.07) is 0. The Bertz CT molecular complexity index is 54.2. The first-order valence-electron chi connectivity index (χ1n) is 2.09. The maximum Gasteiger partial charge on any atom is 0.324 e. The van der Waals surface area contributed by atoms with Crippen molar-refractivity contribution in [2.75, 3.05) is 13.2 Å². The second kappa shape index (κ2) is 10.8. The molecule has 0 saturated carbocycles. The van der Waals surface area contributed by atoms with Gasteiger partial charge in [-0.3, -0.25) is 0 Å². The molecule has 5 nitrogen and oxygen atoms in total. The van der Waals surface area contributed by atoms with Gasteiger partial charge in [-0.2, -0.15) is 0 Å². The van der Waals surface area contributed by atoms with Crippen molar-refractivity contribution in [3.05, 3.63) is 0 Å². The molecule has 0 aliphatic carbocycles. The van der Waals surface area contributed by atoms with E-state index in [-0.39, 0.29) is 13.2 Å². The summed E-state index contributed by atoms with van der Waals surface area (Å²) in [5, 5.41) is 24.0. The summed E-state index contributed by atoms with van der Waals surface area (Å²) in [6.07, 6.45) is -0.954. The highest BCUT2D eigenvalue weighted by molar-refractivity contribution is 7.16. The van der Waals surface area contributed by atoms with Crippen LogP contribution in [0, 0.1) is 0 Å². The van der Waals surface area contributed by atoms with E-state index in [0.29, 0.717) is 0 Å². The van der Waals surface area contributed by atoms with Crippen molar-refractivity contribution >= 4 is 8.69 Å². The Labute approximate surface area is 53.9 Å². The Balaban J connectivity index is 0. The number of rotatable bonds is 2. The van der Waals surface area contributed by atoms with Crippen LogP contribution in [-0.4, -0.2) is 39.5 Å². The summed E-state index contributed by atoms with van der Waals surface area (Å²) >= 11 is 0. The average Bonchev–Trinajstić information content (AvgIpc) is 1.88. The summed E-state index contributed by atoms with van der Waals surface area (Å²) in [5.41, 5.74) is 0. The minimum atomic E-state index is -0.954. The first-order valence-corrected chi connectivity index (χ1v) is 2.85. The number of aliphatic hydroxyl groups excluding tert-OH is 3. The molecule has 0 radical (unpaired) electrons. The van der Waals surface area contributed by atoms with E-state index in [4.69, 9.17) is 24.8 Å². The third-order valence-electron chi connectivity index (χ3n) is 0.421. The van der Waals surface area contributed by atoms with Crippen molar-refractivity contribution in [2.45, 2.75) is 6.10 Å². The van der Waals surface area contributed by atoms with E-state index in [1.165, 1.54) is 0 Å². The van der Waals surface area contributed by atoms with Gasteiger partial charge in [0.05, 0.1) is 13.2 Å². The highest BCUT2D eigenvalue weighted by Gasteiger charge is 1.93. The molecule has 0 saturated heterocycles. The molecule has 56 valence electrons. The number of aliphatic hydroxyl groups is 3. The molecule has 0 atom stereocenters. The molecule has 0 aromatic heterocycles. The highest BCUT2D eigenvalue weighted by Crippen LogP contribution is 1.71. The first kappa shape index (κ1) is 11.7. The minimum absolute atomic E-state index is 0.365. The molecule has 0 bridgehead atoms. The molecule has 0 fully saturated rings. The van der Waals surface area contributed by atoms with Crippen molar-refractivity contribution in [3.63, 3.8) is 0 Å². The molecule has 0 spiro atoms. The van der Waals surface area contributed by atoms with Gasteiger partial charge in [0.15, 0.2) is 0 Å². The lowest BCUT2D eigenvalue weighted by atomic mass is 10.4. The van der Waals surface area contributed by atoms with Gasteiger partial charge in [0, 0.05) is 0 Å². The van der Waals surface area contributed by atoms with Crippen LogP contribution in [0.25, 0.3) is 0 Å². The highest BCUT2D eigenvalue weighted by atomic mass is 31.1. The Morgan fingerprint density at radius 3 is 1.56 bits per heavy atom. The van der Waals surface area contributed by atoms with E-state index in [9.17, 15) is 0 Å². The van der Waals surface area contributed by atoms with Crippen molar-refractivity contribution in [3.8, 4) is 0 Å². The molecular formula is C3H9O5P. The zero-order chi connectivity index (χ0) is 7.70. The Morgan fingerprint density at radius 1 is 1.33 bits per heavy atom. The van der Waals surface area contributed by atoms with Crippen LogP contribution in [0.15, 0.2) is 0 Å². The van der Waals surface area contributed by atoms with Crippen LogP contribution >= 0.6 is 8.69 Å². The Hall–Kier alpha value is -0.0600. The van der Waals surface area contributed by atoms with E-state index in [2.05, 4.69) is 0 Å². The van der Waals surface area contributed by atoms with Gasteiger partial charge in [-0.1, -0.05) is 0 Å². The summed E-state index contributed by atoms with van der Waals surface area (Å²) < 4.78 is 8.46. The lowest BCUT2D eigenvalue weighted by molar-refractivity contribution is 0.0450. The molecule has 0 aromatic rings. The lowest BCUT2D eigenvalue weighted by Crippen LogP contribution is -2.15. The van der Waals surface area contributed by atoms with Crippen LogP contribution in [0.4, 0.5) is 0 Å². The van der Waals surface area contributed by atoms with Crippen molar-refractivity contribution in [2.24, 2.45) is 0 Å². The molecule has 6 heteroatoms. The lowest BCUT2D eigenvalue weighted by Gasteiger charge is -1.96. The maximum absolute atomic E-state index is 8.46. The fourth-order valence-corrected chi connectivity index (χ4v) is 0.0577. The van der Waals surface area contributed by atoms with E-state index in [1.807, 2.05) is 0 Å². The van der Waals surface area contributed by atoms with Crippen molar-refractivity contribution in [1.82, 2.24) is 0 Å². The van der Waals surface area contributed by atoms with Gasteiger partial charge in [0.2, 0.25) is 0 Å². The van der Waals surface area contributed by atoms with E-state index in [0.717, 1.165) is 0 Å². The summed E-state index contributed by atoms with van der Waals surface area (Å²) in [7, 11) is -0.833. The predicted molar refractivity (Wildman–Crippen MR) is 30.0 cm³/mol. The monoisotopic (exact) mass is 156 g/mol. The Morgan fingerprint density at radius 2 is 1.56 bits per heavy atom. The molecule has 0 heterocycles. The van der Waals surface area contributed by atoms with Crippen molar-refractivity contribution < 1.29 is 24.8 Å². The van der Waals surface area contributed by atoms with Crippen molar-refractivity contribution in [1.29, 1.82) is 0 Å². The van der Waals surface area contributed by atoms with Gasteiger partial charge in [-0.05, 0) is 0 Å². The average molecular weight is 156 g/mol. The zero-order valence-electron chi connectivity index (χ0n) is 4.64. The van der Waals surface area contributed by atoms with Gasteiger partial charge in [0.25, 0.3) is 0 Å². The third kappa shape index (κ3) is 18.0. The van der Waals surface area contributed by atoms with Gasteiger partial charge in [-0.15, -0.1) is 0 Å². The minimum Gasteiger partial charge on any atom is -0.394 e. The second-order valence-corrected chi connectivity index (χ2v) is 1.26. The van der Waals surface area contributed by atoms with Crippen LogP contribution in [0.5, 0.6) is 0 Å². The Kier molecular flexibility index (Phi) is 14.1. The molecule has 0 amide bonds. The van der Waals surface area contributed by atoms with Crippen LogP contribution < -0.4 is 0 Å². The van der Waals surface area contributed by atoms with Gasteiger partial charge in [0.1, 0.15) is 6.10 Å². The molecule has 4 N–H and O–H groups in total. The molecule has 9 heavy (non-hydrogen) atoms. The summed E-state index contributed by atoms with van der Waals surface area (Å²) in [6.45, 7) is -0.729. The predicted octanol–water partition coefficient (Wildman–Crippen LogP) is -1.48. The third-order valence-corrected chi connectivity index (χ3v) is 0.421. The van der Waals surface area contributed by atoms with Crippen LogP contribution in [0.3, 0.4) is 0 Å². The summed E-state index contributed by atoms with van der Waals surface area (Å²) in [5.74, 6) is 0. The van der Waals surface area contributed by atoms with Crippen LogP contribution in [0.1, 0.15) is 0 Å². The van der Waals surface area contributed by atoms with Crippen LogP contribution in [0.2, 0.25) is 0 Å². The second-order valence-electron chi connectivity index (χ2n) is 1.10. The van der Waals surface area contributed by atoms with Gasteiger partial charge >= 0.3 is 8.69 Å². The quantitative estimate of drug-likeness (QED) is 0.365. The number of hydrogen-bond acceptors (Lipinski definition) is 4. The van der Waals surface area contributed by atoms with E-state index in [1.54, 1.807) is 0 Å². The maximum atomic E-state index is 8.46. The largest absolute Gasteiger partial charge is 0.394 e. The van der Waals surface area contributed by atoms with Gasteiger partial charge in [-0.25, -0.2) is 4.57 Å². The molecular weight excluding hydrogens is 147 g/mol. The molecule has 0 aliphatic heterocycles. The number of hydrogen-bond donors (Lipinski definition) is 4. The smallest absolute Gasteiger partial charge is 0.324 e. The first-order chi connectivity index (χ1) is 4.22. The zero-order valence-corrected chi connectivity index (χ0v) is 5.53. The molecule has 0 rings (SSSR count). The molecule has 0 aliphatic rings. The van der Waals surface area contributed by atoms with E-state index >= 15 is 0 Å². The summed E-state index contributed by atoms with van der Waals surface area (Å²) in [4.78, 5) is 6.99.